The summed E-state index contributed by atoms with van der Waals surface area (Å²) in [5.41, 5.74) is 0.256. The number of nitrogens with zero attached hydrogens (tertiary/aromatic N) is 1. The normalized spacial score (nSPS) is 17.3. The lowest BCUT2D eigenvalue weighted by Gasteiger charge is -2.22. The number of hydrogen-bond acceptors (Lipinski definition) is 6. The third kappa shape index (κ3) is 3.00. The van der Waals surface area contributed by atoms with Gasteiger partial charge in [-0.05, 0) is 31.0 Å². The fourth-order valence-corrected chi connectivity index (χ4v) is 4.26. The smallest absolute Gasteiger partial charge is 0.293 e. The highest BCUT2D eigenvalue weighted by molar-refractivity contribution is 7.89. The van der Waals surface area contributed by atoms with Crippen molar-refractivity contribution < 1.29 is 22.5 Å². The highest BCUT2D eigenvalue weighted by Gasteiger charge is 2.31. The van der Waals surface area contributed by atoms with E-state index in [1.165, 1.54) is 25.5 Å². The molecule has 1 N–H and O–H groups in total. The van der Waals surface area contributed by atoms with Crippen LogP contribution in [-0.4, -0.2) is 20.5 Å². The Balaban J connectivity index is 1.96. The molecule has 0 aliphatic heterocycles. The molecule has 0 amide bonds. The van der Waals surface area contributed by atoms with Crippen molar-refractivity contribution in [2.45, 2.75) is 30.2 Å². The molecule has 1 aromatic carbocycles. The van der Waals surface area contributed by atoms with E-state index in [-0.39, 0.29) is 10.6 Å². The highest BCUT2D eigenvalue weighted by atomic mass is 32.2. The molecule has 0 radical (unpaired) electrons. The number of furan rings is 1. The predicted molar refractivity (Wildman–Crippen MR) is 84.4 cm³/mol. The molecule has 0 saturated carbocycles. The standard InChI is InChI=1S/C15H16N2O6S/c1-22-10-5-6-15(13(9-10)17(18)19)24(20,21)16-12-3-2-4-14-11(12)7-8-23-14/h5-9,12,16H,2-4H2,1H3. The molecule has 3 rings (SSSR count). The van der Waals surface area contributed by atoms with E-state index in [4.69, 9.17) is 9.15 Å². The quantitative estimate of drug-likeness (QED) is 0.654. The molecule has 1 unspecified atom stereocenters. The van der Waals surface area contributed by atoms with Gasteiger partial charge in [-0.1, -0.05) is 0 Å². The van der Waals surface area contributed by atoms with Crippen LogP contribution in [-0.2, 0) is 16.4 Å². The van der Waals surface area contributed by atoms with Crippen LogP contribution in [0, 0.1) is 10.1 Å². The second-order valence-electron chi connectivity index (χ2n) is 5.46. The molecule has 0 spiro atoms. The number of benzene rings is 1. The Morgan fingerprint density at radius 1 is 1.38 bits per heavy atom. The van der Waals surface area contributed by atoms with Crippen molar-refractivity contribution in [1.29, 1.82) is 0 Å². The van der Waals surface area contributed by atoms with Crippen LogP contribution in [0.5, 0.6) is 5.75 Å². The van der Waals surface area contributed by atoms with Gasteiger partial charge in [0, 0.05) is 12.0 Å². The number of aryl methyl sites for hydroxylation is 1. The summed E-state index contributed by atoms with van der Waals surface area (Å²) in [7, 11) is -2.71. The zero-order chi connectivity index (χ0) is 17.3. The van der Waals surface area contributed by atoms with E-state index < -0.39 is 26.7 Å². The maximum atomic E-state index is 12.7. The summed E-state index contributed by atoms with van der Waals surface area (Å²) in [6.45, 7) is 0. The lowest BCUT2D eigenvalue weighted by molar-refractivity contribution is -0.387. The van der Waals surface area contributed by atoms with Gasteiger partial charge in [0.05, 0.1) is 30.4 Å². The summed E-state index contributed by atoms with van der Waals surface area (Å²) in [6, 6.07) is 4.92. The van der Waals surface area contributed by atoms with Crippen molar-refractivity contribution in [3.63, 3.8) is 0 Å². The predicted octanol–water partition coefficient (Wildman–Crippen LogP) is 2.55. The average molecular weight is 352 g/mol. The van der Waals surface area contributed by atoms with Gasteiger partial charge in [0.1, 0.15) is 11.5 Å². The van der Waals surface area contributed by atoms with E-state index in [0.717, 1.165) is 30.2 Å². The van der Waals surface area contributed by atoms with Crippen molar-refractivity contribution in [3.8, 4) is 5.75 Å². The van der Waals surface area contributed by atoms with Crippen LogP contribution in [0.4, 0.5) is 5.69 Å². The van der Waals surface area contributed by atoms with Crippen molar-refractivity contribution in [2.75, 3.05) is 7.11 Å². The number of hydrogen-bond donors (Lipinski definition) is 1. The third-order valence-corrected chi connectivity index (χ3v) is 5.52. The van der Waals surface area contributed by atoms with Gasteiger partial charge in [-0.15, -0.1) is 0 Å². The summed E-state index contributed by atoms with van der Waals surface area (Å²) < 4.78 is 38.2. The number of methoxy groups -OCH3 is 1. The Kier molecular flexibility index (Phi) is 4.29. The SMILES string of the molecule is COc1ccc(S(=O)(=O)NC2CCCc3occc32)c([N+](=O)[O-])c1. The monoisotopic (exact) mass is 352 g/mol. The number of fused-ring (bicyclic) bond motifs is 1. The first-order valence-electron chi connectivity index (χ1n) is 7.33. The molecule has 0 saturated heterocycles. The van der Waals surface area contributed by atoms with Gasteiger partial charge in [-0.25, -0.2) is 13.1 Å². The molecular weight excluding hydrogens is 336 g/mol. The average Bonchev–Trinajstić information content (AvgIpc) is 3.03. The summed E-state index contributed by atoms with van der Waals surface area (Å²) >= 11 is 0. The van der Waals surface area contributed by atoms with Gasteiger partial charge in [0.2, 0.25) is 10.0 Å². The molecule has 1 aliphatic carbocycles. The van der Waals surface area contributed by atoms with Crippen LogP contribution in [0.15, 0.2) is 39.8 Å². The van der Waals surface area contributed by atoms with Crippen molar-refractivity contribution in [2.24, 2.45) is 0 Å². The van der Waals surface area contributed by atoms with Crippen LogP contribution in [0.3, 0.4) is 0 Å². The zero-order valence-corrected chi connectivity index (χ0v) is 13.7. The second kappa shape index (κ2) is 6.25. The van der Waals surface area contributed by atoms with Crippen LogP contribution in [0.1, 0.15) is 30.2 Å². The topological polar surface area (TPSA) is 112 Å². The van der Waals surface area contributed by atoms with E-state index in [2.05, 4.69) is 4.72 Å². The van der Waals surface area contributed by atoms with E-state index >= 15 is 0 Å². The summed E-state index contributed by atoms with van der Waals surface area (Å²) in [4.78, 5) is 10.1. The molecule has 1 aromatic heterocycles. The largest absolute Gasteiger partial charge is 0.497 e. The molecule has 1 atom stereocenters. The molecule has 24 heavy (non-hydrogen) atoms. The van der Waals surface area contributed by atoms with Crippen LogP contribution in [0.25, 0.3) is 0 Å². The number of nitro groups is 1. The minimum absolute atomic E-state index is 0.218. The first-order chi connectivity index (χ1) is 11.4. The van der Waals surface area contributed by atoms with Gasteiger partial charge in [-0.3, -0.25) is 10.1 Å². The summed E-state index contributed by atoms with van der Waals surface area (Å²) in [6.07, 6.45) is 3.66. The Bertz CT molecular complexity index is 874. The Morgan fingerprint density at radius 3 is 2.88 bits per heavy atom. The molecule has 8 nitrogen and oxygen atoms in total. The van der Waals surface area contributed by atoms with E-state index in [9.17, 15) is 18.5 Å². The Morgan fingerprint density at radius 2 is 2.17 bits per heavy atom. The van der Waals surface area contributed by atoms with E-state index in [1.807, 2.05) is 0 Å². The van der Waals surface area contributed by atoms with Crippen molar-refractivity contribution >= 4 is 15.7 Å². The van der Waals surface area contributed by atoms with Gasteiger partial charge in [-0.2, -0.15) is 0 Å². The van der Waals surface area contributed by atoms with Crippen LogP contribution >= 0.6 is 0 Å². The molecule has 0 bridgehead atoms. The Labute approximate surface area is 138 Å². The number of ether oxygens (including phenoxy) is 1. The Hall–Kier alpha value is -2.39. The van der Waals surface area contributed by atoms with Crippen molar-refractivity contribution in [3.05, 3.63) is 52.0 Å². The first-order valence-corrected chi connectivity index (χ1v) is 8.81. The summed E-state index contributed by atoms with van der Waals surface area (Å²) in [5.74, 6) is 0.966. The van der Waals surface area contributed by atoms with Gasteiger partial charge < -0.3 is 9.15 Å². The molecule has 128 valence electrons. The molecule has 2 aromatic rings. The molecule has 0 fully saturated rings. The maximum Gasteiger partial charge on any atom is 0.293 e. The van der Waals surface area contributed by atoms with E-state index in [0.29, 0.717) is 6.42 Å². The number of rotatable bonds is 5. The fourth-order valence-electron chi connectivity index (χ4n) is 2.85. The van der Waals surface area contributed by atoms with Crippen LogP contribution in [0.2, 0.25) is 0 Å². The van der Waals surface area contributed by atoms with Gasteiger partial charge in [0.25, 0.3) is 5.69 Å². The third-order valence-electron chi connectivity index (χ3n) is 4.00. The van der Waals surface area contributed by atoms with Crippen molar-refractivity contribution in [1.82, 2.24) is 4.72 Å². The second-order valence-corrected chi connectivity index (χ2v) is 7.14. The fraction of sp³-hybridized carbons (Fsp3) is 0.333. The first kappa shape index (κ1) is 16.5. The molecule has 9 heteroatoms. The number of sulfonamides is 1. The summed E-state index contributed by atoms with van der Waals surface area (Å²) in [5, 5.41) is 11.2. The minimum atomic E-state index is -4.07. The minimum Gasteiger partial charge on any atom is -0.497 e. The van der Waals surface area contributed by atoms with E-state index in [1.54, 1.807) is 6.07 Å². The lowest BCUT2D eigenvalue weighted by atomic mass is 9.94. The lowest BCUT2D eigenvalue weighted by Crippen LogP contribution is -2.31. The maximum absolute atomic E-state index is 12.7. The number of nitro benzene ring substituents is 1. The zero-order valence-electron chi connectivity index (χ0n) is 12.9. The van der Waals surface area contributed by atoms with Gasteiger partial charge >= 0.3 is 0 Å². The van der Waals surface area contributed by atoms with Crippen LogP contribution < -0.4 is 9.46 Å². The molecule has 1 aliphatic rings. The molecular formula is C15H16N2O6S. The molecule has 1 heterocycles. The number of nitrogens with one attached hydrogen (secondary N) is 1. The van der Waals surface area contributed by atoms with Gasteiger partial charge in [0.15, 0.2) is 4.90 Å². The highest BCUT2D eigenvalue weighted by Crippen LogP contribution is 2.34.